The van der Waals surface area contributed by atoms with Crippen molar-refractivity contribution < 1.29 is 4.79 Å². The van der Waals surface area contributed by atoms with Gasteiger partial charge in [-0.3, -0.25) is 4.79 Å². The van der Waals surface area contributed by atoms with Crippen LogP contribution in [0.4, 0.5) is 11.4 Å². The molecule has 98 valence electrons. The Morgan fingerprint density at radius 1 is 1.56 bits per heavy atom. The van der Waals surface area contributed by atoms with Crippen LogP contribution < -0.4 is 16.4 Å². The average molecular weight is 265 g/mol. The van der Waals surface area contributed by atoms with Gasteiger partial charge in [0.15, 0.2) is 0 Å². The summed E-state index contributed by atoms with van der Waals surface area (Å²) in [5.74, 6) is 3.04. The Kier molecular flexibility index (Phi) is 4.36. The molecule has 18 heavy (non-hydrogen) atoms. The van der Waals surface area contributed by atoms with E-state index in [2.05, 4.69) is 10.6 Å². The molecule has 1 aromatic carbocycles. The van der Waals surface area contributed by atoms with Crippen molar-refractivity contribution in [3.05, 3.63) is 23.8 Å². The number of rotatable bonds is 4. The highest BCUT2D eigenvalue weighted by atomic mass is 32.2. The summed E-state index contributed by atoms with van der Waals surface area (Å²) in [7, 11) is 1.64. The van der Waals surface area contributed by atoms with Crippen LogP contribution in [-0.4, -0.2) is 31.0 Å². The van der Waals surface area contributed by atoms with Gasteiger partial charge in [-0.05, 0) is 42.0 Å². The number of carbonyl (C=O) groups excluding carboxylic acids is 1. The van der Waals surface area contributed by atoms with Gasteiger partial charge < -0.3 is 16.4 Å². The van der Waals surface area contributed by atoms with E-state index in [0.717, 1.165) is 12.2 Å². The van der Waals surface area contributed by atoms with Crippen molar-refractivity contribution >= 4 is 29.0 Å². The smallest absolute Gasteiger partial charge is 0.253 e. The highest BCUT2D eigenvalue weighted by Crippen LogP contribution is 2.25. The van der Waals surface area contributed by atoms with Crippen molar-refractivity contribution in [2.24, 2.45) is 5.92 Å². The molecule has 0 aromatic heterocycles. The summed E-state index contributed by atoms with van der Waals surface area (Å²) in [5, 5.41) is 6.00. The van der Waals surface area contributed by atoms with E-state index >= 15 is 0 Å². The van der Waals surface area contributed by atoms with Crippen LogP contribution >= 0.6 is 11.8 Å². The molecule has 1 unspecified atom stereocenters. The number of thioether (sulfide) groups is 1. The third kappa shape index (κ3) is 3.10. The summed E-state index contributed by atoms with van der Waals surface area (Å²) in [6.07, 6.45) is 1.25. The number of benzene rings is 1. The van der Waals surface area contributed by atoms with E-state index in [1.165, 1.54) is 17.9 Å². The first kappa shape index (κ1) is 13.1. The van der Waals surface area contributed by atoms with Crippen LogP contribution in [0.2, 0.25) is 0 Å². The maximum atomic E-state index is 11.7. The molecule has 1 saturated heterocycles. The molecule has 1 aliphatic heterocycles. The Balaban J connectivity index is 2.08. The van der Waals surface area contributed by atoms with Gasteiger partial charge in [-0.1, -0.05) is 0 Å². The van der Waals surface area contributed by atoms with Crippen LogP contribution in [0, 0.1) is 5.92 Å². The Bertz CT molecular complexity index is 430. The zero-order valence-corrected chi connectivity index (χ0v) is 11.3. The van der Waals surface area contributed by atoms with Crippen molar-refractivity contribution in [2.45, 2.75) is 6.42 Å². The molecule has 1 fully saturated rings. The predicted octanol–water partition coefficient (Wildman–Crippen LogP) is 1.79. The normalized spacial score (nSPS) is 18.6. The molecular formula is C13H19N3OS. The van der Waals surface area contributed by atoms with Crippen molar-refractivity contribution in [1.29, 1.82) is 0 Å². The second kappa shape index (κ2) is 6.00. The molecule has 1 heterocycles. The second-order valence-electron chi connectivity index (χ2n) is 4.49. The van der Waals surface area contributed by atoms with Gasteiger partial charge in [0.2, 0.25) is 0 Å². The number of carbonyl (C=O) groups is 1. The molecule has 4 nitrogen and oxygen atoms in total. The predicted molar refractivity (Wildman–Crippen MR) is 78.2 cm³/mol. The Labute approximate surface area is 112 Å². The van der Waals surface area contributed by atoms with Gasteiger partial charge in [-0.25, -0.2) is 0 Å². The molecule has 5 heteroatoms. The minimum atomic E-state index is -0.0849. The first-order valence-corrected chi connectivity index (χ1v) is 7.29. The van der Waals surface area contributed by atoms with E-state index < -0.39 is 0 Å². The van der Waals surface area contributed by atoms with Crippen molar-refractivity contribution in [3.63, 3.8) is 0 Å². The molecule has 2 rings (SSSR count). The lowest BCUT2D eigenvalue weighted by atomic mass is 10.1. The molecule has 0 spiro atoms. The first-order chi connectivity index (χ1) is 8.70. The molecule has 4 N–H and O–H groups in total. The van der Waals surface area contributed by atoms with Gasteiger partial charge in [-0.15, -0.1) is 0 Å². The van der Waals surface area contributed by atoms with E-state index in [-0.39, 0.29) is 5.91 Å². The van der Waals surface area contributed by atoms with Crippen molar-refractivity contribution in [1.82, 2.24) is 5.32 Å². The van der Waals surface area contributed by atoms with Gasteiger partial charge in [0, 0.05) is 25.0 Å². The highest BCUT2D eigenvalue weighted by Gasteiger charge is 2.16. The van der Waals surface area contributed by atoms with Crippen LogP contribution in [0.3, 0.4) is 0 Å². The fourth-order valence-corrected chi connectivity index (χ4v) is 3.32. The van der Waals surface area contributed by atoms with E-state index in [1.54, 1.807) is 19.2 Å². The van der Waals surface area contributed by atoms with Crippen LogP contribution in [0.25, 0.3) is 0 Å². The molecule has 1 aliphatic rings. The van der Waals surface area contributed by atoms with Gasteiger partial charge in [-0.2, -0.15) is 11.8 Å². The maximum absolute atomic E-state index is 11.7. The summed E-state index contributed by atoms with van der Waals surface area (Å²) in [4.78, 5) is 11.7. The molecule has 0 bridgehead atoms. The molecule has 1 amide bonds. The maximum Gasteiger partial charge on any atom is 0.253 e. The molecule has 1 aromatic rings. The third-order valence-electron chi connectivity index (χ3n) is 3.12. The number of nitrogen functional groups attached to an aromatic ring is 1. The van der Waals surface area contributed by atoms with Crippen LogP contribution in [0.5, 0.6) is 0 Å². The Hall–Kier alpha value is -1.36. The number of amides is 1. The summed E-state index contributed by atoms with van der Waals surface area (Å²) in [6, 6.07) is 5.34. The fourth-order valence-electron chi connectivity index (χ4n) is 2.04. The summed E-state index contributed by atoms with van der Waals surface area (Å²) in [5.41, 5.74) is 7.92. The molecule has 0 radical (unpaired) electrons. The lowest BCUT2D eigenvalue weighted by Crippen LogP contribution is -2.21. The van der Waals surface area contributed by atoms with E-state index in [9.17, 15) is 4.79 Å². The topological polar surface area (TPSA) is 67.2 Å². The monoisotopic (exact) mass is 265 g/mol. The number of hydrogen-bond donors (Lipinski definition) is 3. The van der Waals surface area contributed by atoms with Crippen LogP contribution in [0.15, 0.2) is 18.2 Å². The summed E-state index contributed by atoms with van der Waals surface area (Å²) >= 11 is 1.99. The number of hydrogen-bond acceptors (Lipinski definition) is 4. The molecule has 0 saturated carbocycles. The SMILES string of the molecule is CNC(=O)c1ccc(N)cc1NCC1CCSC1. The number of anilines is 2. The number of nitrogens with two attached hydrogens (primary N) is 1. The summed E-state index contributed by atoms with van der Waals surface area (Å²) in [6.45, 7) is 0.903. The molecule has 1 atom stereocenters. The lowest BCUT2D eigenvalue weighted by molar-refractivity contribution is 0.0964. The lowest BCUT2D eigenvalue weighted by Gasteiger charge is -2.15. The van der Waals surface area contributed by atoms with Gasteiger partial charge in [0.1, 0.15) is 0 Å². The standard InChI is InChI=1S/C13H19N3OS/c1-15-13(17)11-3-2-10(14)6-12(11)16-7-9-4-5-18-8-9/h2-3,6,9,16H,4-5,7-8,14H2,1H3,(H,15,17). The molecule has 0 aliphatic carbocycles. The first-order valence-electron chi connectivity index (χ1n) is 6.14. The largest absolute Gasteiger partial charge is 0.399 e. The van der Waals surface area contributed by atoms with E-state index in [0.29, 0.717) is 17.2 Å². The highest BCUT2D eigenvalue weighted by molar-refractivity contribution is 7.99. The Morgan fingerprint density at radius 2 is 2.39 bits per heavy atom. The minimum Gasteiger partial charge on any atom is -0.399 e. The van der Waals surface area contributed by atoms with E-state index in [1.807, 2.05) is 17.8 Å². The zero-order chi connectivity index (χ0) is 13.0. The fraction of sp³-hybridized carbons (Fsp3) is 0.462. The van der Waals surface area contributed by atoms with Crippen LogP contribution in [0.1, 0.15) is 16.8 Å². The van der Waals surface area contributed by atoms with Crippen LogP contribution in [-0.2, 0) is 0 Å². The minimum absolute atomic E-state index is 0.0849. The third-order valence-corrected chi connectivity index (χ3v) is 4.35. The van der Waals surface area contributed by atoms with Crippen molar-refractivity contribution in [2.75, 3.05) is 36.1 Å². The van der Waals surface area contributed by atoms with Gasteiger partial charge in [0.25, 0.3) is 5.91 Å². The second-order valence-corrected chi connectivity index (χ2v) is 5.64. The van der Waals surface area contributed by atoms with E-state index in [4.69, 9.17) is 5.73 Å². The summed E-state index contributed by atoms with van der Waals surface area (Å²) < 4.78 is 0. The zero-order valence-electron chi connectivity index (χ0n) is 10.5. The molecular weight excluding hydrogens is 246 g/mol. The quantitative estimate of drug-likeness (QED) is 0.726. The van der Waals surface area contributed by atoms with Gasteiger partial charge in [0.05, 0.1) is 5.56 Å². The average Bonchev–Trinajstić information content (AvgIpc) is 2.88. The van der Waals surface area contributed by atoms with Gasteiger partial charge >= 0.3 is 0 Å². The van der Waals surface area contributed by atoms with Crippen molar-refractivity contribution in [3.8, 4) is 0 Å². The Morgan fingerprint density at radius 3 is 3.06 bits per heavy atom. The number of nitrogens with one attached hydrogen (secondary N) is 2.